The van der Waals surface area contributed by atoms with E-state index in [1.807, 2.05) is 13.0 Å². The third kappa shape index (κ3) is 5.11. The number of nitrogens with zero attached hydrogens (tertiary/aromatic N) is 1. The Balaban J connectivity index is 2.45. The molecule has 2 aromatic rings. The Kier molecular flexibility index (Phi) is 6.37. The first kappa shape index (κ1) is 18.6. The molecule has 1 amide bonds. The van der Waals surface area contributed by atoms with Crippen LogP contribution in [0, 0.1) is 0 Å². The van der Waals surface area contributed by atoms with E-state index in [9.17, 15) is 9.18 Å². The normalized spacial score (nSPS) is 11.3. The molecule has 0 N–H and O–H groups in total. The number of hydrogen-bond donors (Lipinski definition) is 0. The maximum atomic E-state index is 13.8. The minimum Gasteiger partial charge on any atom is -0.268 e. The molecule has 7 heteroatoms. The maximum Gasteiger partial charge on any atom is 0.324 e. The van der Waals surface area contributed by atoms with Gasteiger partial charge in [-0.15, -0.1) is 0 Å². The summed E-state index contributed by atoms with van der Waals surface area (Å²) < 4.78 is 12.9. The lowest BCUT2D eigenvalue weighted by Gasteiger charge is -2.24. The van der Waals surface area contributed by atoms with Gasteiger partial charge in [-0.1, -0.05) is 54.4 Å². The smallest absolute Gasteiger partial charge is 0.268 e. The monoisotopic (exact) mass is 435 g/mol. The molecule has 0 unspecified atom stereocenters. The molecule has 2 aromatic carbocycles. The molecule has 0 aliphatic rings. The van der Waals surface area contributed by atoms with Crippen LogP contribution in [-0.4, -0.2) is 9.83 Å². The summed E-state index contributed by atoms with van der Waals surface area (Å²) in [5.41, 5.74) is 1.92. The Morgan fingerprint density at radius 1 is 1.26 bits per heavy atom. The molecule has 0 aliphatic carbocycles. The summed E-state index contributed by atoms with van der Waals surface area (Å²) in [5.74, 6) is -0.418. The highest BCUT2D eigenvalue weighted by atomic mass is 79.9. The molecule has 0 aliphatic heterocycles. The molecule has 0 saturated carbocycles. The number of anilines is 1. The average molecular weight is 437 g/mol. The van der Waals surface area contributed by atoms with Crippen LogP contribution in [0.15, 0.2) is 53.0 Å². The lowest BCUT2D eigenvalue weighted by Crippen LogP contribution is -2.27. The number of halogens is 4. The van der Waals surface area contributed by atoms with Crippen molar-refractivity contribution in [2.24, 2.45) is 0 Å². The van der Waals surface area contributed by atoms with Gasteiger partial charge in [0.15, 0.2) is 0 Å². The first-order valence-electron chi connectivity index (χ1n) is 6.75. The summed E-state index contributed by atoms with van der Waals surface area (Å²) >= 11 is 14.7. The Bertz CT molecular complexity index is 708. The van der Waals surface area contributed by atoms with Crippen LogP contribution in [0.4, 0.5) is 10.1 Å². The van der Waals surface area contributed by atoms with Crippen LogP contribution in [0.25, 0.3) is 0 Å². The number of aryl methyl sites for hydroxylation is 1. The highest BCUT2D eigenvalue weighted by Gasteiger charge is 2.32. The lowest BCUT2D eigenvalue weighted by atomic mass is 10.1. The number of hydrogen-bond acceptors (Lipinski definition) is 2. The van der Waals surface area contributed by atoms with Gasteiger partial charge in [0.25, 0.3) is 5.91 Å². The number of carbonyl (C=O) groups is 1. The van der Waals surface area contributed by atoms with Gasteiger partial charge in [0.1, 0.15) is 0 Å². The zero-order chi connectivity index (χ0) is 17.0. The second kappa shape index (κ2) is 7.88. The van der Waals surface area contributed by atoms with Crippen molar-refractivity contribution in [2.45, 2.75) is 17.3 Å². The van der Waals surface area contributed by atoms with Gasteiger partial charge in [0.2, 0.25) is 0 Å². The molecule has 0 atom stereocenters. The third-order valence-electron chi connectivity index (χ3n) is 3.04. The summed E-state index contributed by atoms with van der Waals surface area (Å²) in [6.07, 6.45) is 0.790. The molecule has 0 fully saturated rings. The summed E-state index contributed by atoms with van der Waals surface area (Å²) in [4.78, 5) is 12.8. The number of amides is 1. The van der Waals surface area contributed by atoms with Crippen molar-refractivity contribution in [2.75, 3.05) is 4.31 Å². The van der Waals surface area contributed by atoms with Gasteiger partial charge in [-0.3, -0.25) is 4.79 Å². The molecule has 2 rings (SSSR count). The largest absolute Gasteiger partial charge is 0.324 e. The van der Waals surface area contributed by atoms with E-state index in [2.05, 4.69) is 15.9 Å². The predicted molar refractivity (Wildman–Crippen MR) is 99.9 cm³/mol. The Hall–Kier alpha value is -0.750. The summed E-state index contributed by atoms with van der Waals surface area (Å²) in [5, 5.41) is 0. The highest BCUT2D eigenvalue weighted by molar-refractivity contribution is 9.10. The van der Waals surface area contributed by atoms with E-state index in [1.165, 1.54) is 4.31 Å². The highest BCUT2D eigenvalue weighted by Crippen LogP contribution is 2.42. The van der Waals surface area contributed by atoms with Crippen LogP contribution in [0.2, 0.25) is 0 Å². The zero-order valence-electron chi connectivity index (χ0n) is 12.1. The van der Waals surface area contributed by atoms with Crippen molar-refractivity contribution in [3.05, 3.63) is 64.1 Å². The molecule has 0 bridgehead atoms. The van der Waals surface area contributed by atoms with Gasteiger partial charge in [-0.2, -0.15) is 4.39 Å². The topological polar surface area (TPSA) is 20.3 Å². The second-order valence-corrected chi connectivity index (χ2v) is 8.29. The van der Waals surface area contributed by atoms with Crippen molar-refractivity contribution in [3.8, 4) is 0 Å². The first-order valence-corrected chi connectivity index (χ1v) is 9.08. The van der Waals surface area contributed by atoms with Crippen molar-refractivity contribution in [1.29, 1.82) is 0 Å². The molecule has 0 spiro atoms. The molecule has 2 nitrogen and oxygen atoms in total. The van der Waals surface area contributed by atoms with E-state index >= 15 is 0 Å². The van der Waals surface area contributed by atoms with E-state index in [1.54, 1.807) is 42.5 Å². The number of alkyl halides is 3. The van der Waals surface area contributed by atoms with Crippen molar-refractivity contribution >= 4 is 62.7 Å². The number of benzene rings is 2. The van der Waals surface area contributed by atoms with E-state index < -0.39 is 9.83 Å². The predicted octanol–water partition coefficient (Wildman–Crippen LogP) is 6.36. The lowest BCUT2D eigenvalue weighted by molar-refractivity contribution is 0.101. The molecule has 122 valence electrons. The van der Waals surface area contributed by atoms with E-state index in [0.717, 1.165) is 12.0 Å². The van der Waals surface area contributed by atoms with Gasteiger partial charge in [-0.05, 0) is 52.2 Å². The van der Waals surface area contributed by atoms with Crippen LogP contribution < -0.4 is 4.31 Å². The minimum atomic E-state index is -2.63. The Morgan fingerprint density at radius 3 is 2.57 bits per heavy atom. The first-order chi connectivity index (χ1) is 10.8. The fourth-order valence-corrected chi connectivity index (χ4v) is 3.44. The van der Waals surface area contributed by atoms with E-state index in [-0.39, 0.29) is 0 Å². The summed E-state index contributed by atoms with van der Waals surface area (Å²) in [6.45, 7) is 1.99. The molecule has 0 radical (unpaired) electrons. The van der Waals surface area contributed by atoms with Gasteiger partial charge < -0.3 is 0 Å². The third-order valence-corrected chi connectivity index (χ3v) is 4.91. The Morgan fingerprint density at radius 2 is 1.96 bits per heavy atom. The van der Waals surface area contributed by atoms with Crippen LogP contribution in [0.5, 0.6) is 0 Å². The van der Waals surface area contributed by atoms with Crippen LogP contribution in [0.1, 0.15) is 22.8 Å². The average Bonchev–Trinajstić information content (AvgIpc) is 2.51. The molecular formula is C16H13BrCl2FNOS. The number of rotatable bonds is 5. The summed E-state index contributed by atoms with van der Waals surface area (Å²) in [7, 11) is 0. The molecule has 0 aromatic heterocycles. The fraction of sp³-hybridized carbons (Fsp3) is 0.188. The number of carbonyl (C=O) groups excluding carboxylic acids is 1. The zero-order valence-corrected chi connectivity index (χ0v) is 16.0. The van der Waals surface area contributed by atoms with Gasteiger partial charge in [0.05, 0.1) is 11.3 Å². The molecule has 23 heavy (non-hydrogen) atoms. The van der Waals surface area contributed by atoms with Gasteiger partial charge >= 0.3 is 3.92 Å². The Labute approximate surface area is 157 Å². The van der Waals surface area contributed by atoms with Crippen LogP contribution >= 0.6 is 51.1 Å². The summed E-state index contributed by atoms with van der Waals surface area (Å²) in [6, 6.07) is 14.2. The quantitative estimate of drug-likeness (QED) is 0.401. The van der Waals surface area contributed by atoms with Crippen LogP contribution in [0.3, 0.4) is 0 Å². The van der Waals surface area contributed by atoms with Crippen molar-refractivity contribution < 1.29 is 9.18 Å². The van der Waals surface area contributed by atoms with Crippen LogP contribution in [-0.2, 0) is 6.42 Å². The molecular weight excluding hydrogens is 424 g/mol. The maximum absolute atomic E-state index is 13.8. The van der Waals surface area contributed by atoms with E-state index in [4.69, 9.17) is 23.2 Å². The van der Waals surface area contributed by atoms with Gasteiger partial charge in [-0.25, -0.2) is 4.31 Å². The van der Waals surface area contributed by atoms with Crippen molar-refractivity contribution in [1.82, 2.24) is 0 Å². The van der Waals surface area contributed by atoms with E-state index in [0.29, 0.717) is 27.7 Å². The SMILES string of the molecule is CCc1cccc(N(SC(F)(Cl)Cl)C(=O)c2ccccc2Br)c1. The standard InChI is InChI=1S/C16H13BrCl2FNOS/c1-2-11-6-5-7-12(10-11)21(23-16(18,19)20)15(22)13-8-3-4-9-14(13)17/h3-10H,2H2,1H3. The van der Waals surface area contributed by atoms with Gasteiger partial charge in [0, 0.05) is 16.4 Å². The minimum absolute atomic E-state index is 0.388. The second-order valence-electron chi connectivity index (χ2n) is 4.64. The fourth-order valence-electron chi connectivity index (χ4n) is 1.96. The molecule has 0 saturated heterocycles. The van der Waals surface area contributed by atoms with Crippen molar-refractivity contribution in [3.63, 3.8) is 0 Å². The molecule has 0 heterocycles.